The van der Waals surface area contributed by atoms with Crippen LogP contribution >= 0.6 is 0 Å². The highest BCUT2D eigenvalue weighted by atomic mass is 16.1. The SMILES string of the molecule is CCCCCC=CCCC(C=O)CCCCC. The summed E-state index contributed by atoms with van der Waals surface area (Å²) in [6, 6.07) is 0. The molecule has 1 unspecified atom stereocenters. The first-order chi connectivity index (χ1) is 8.35. The summed E-state index contributed by atoms with van der Waals surface area (Å²) in [6.45, 7) is 4.43. The maximum Gasteiger partial charge on any atom is 0.123 e. The molecule has 0 amide bonds. The Hall–Kier alpha value is -0.590. The van der Waals surface area contributed by atoms with Crippen molar-refractivity contribution < 1.29 is 4.79 Å². The summed E-state index contributed by atoms with van der Waals surface area (Å²) < 4.78 is 0. The average Bonchev–Trinajstić information content (AvgIpc) is 2.35. The Kier molecular flexibility index (Phi) is 13.0. The first-order valence-corrected chi connectivity index (χ1v) is 7.45. The van der Waals surface area contributed by atoms with E-state index in [1.165, 1.54) is 44.9 Å². The van der Waals surface area contributed by atoms with E-state index in [-0.39, 0.29) is 0 Å². The van der Waals surface area contributed by atoms with Crippen molar-refractivity contribution in [2.45, 2.75) is 78.1 Å². The van der Waals surface area contributed by atoms with E-state index in [2.05, 4.69) is 26.0 Å². The zero-order valence-electron chi connectivity index (χ0n) is 11.8. The Morgan fingerprint density at radius 1 is 0.824 bits per heavy atom. The molecule has 1 nitrogen and oxygen atoms in total. The molecule has 0 aliphatic rings. The van der Waals surface area contributed by atoms with Gasteiger partial charge in [-0.1, -0.05) is 58.1 Å². The zero-order chi connectivity index (χ0) is 12.8. The lowest BCUT2D eigenvalue weighted by atomic mass is 9.97. The molecule has 100 valence electrons. The molecule has 17 heavy (non-hydrogen) atoms. The Labute approximate surface area is 108 Å². The molecular weight excluding hydrogens is 208 g/mol. The Morgan fingerprint density at radius 3 is 2.12 bits per heavy atom. The van der Waals surface area contributed by atoms with Crippen LogP contribution in [-0.2, 0) is 4.79 Å². The van der Waals surface area contributed by atoms with E-state index in [0.717, 1.165) is 25.5 Å². The van der Waals surface area contributed by atoms with Crippen LogP contribution in [0.25, 0.3) is 0 Å². The number of carbonyl (C=O) groups is 1. The largest absolute Gasteiger partial charge is 0.303 e. The number of hydrogen-bond acceptors (Lipinski definition) is 1. The fourth-order valence-corrected chi connectivity index (χ4v) is 2.00. The van der Waals surface area contributed by atoms with Crippen LogP contribution in [-0.4, -0.2) is 6.29 Å². The van der Waals surface area contributed by atoms with E-state index in [1.807, 2.05) is 0 Å². The van der Waals surface area contributed by atoms with E-state index in [9.17, 15) is 4.79 Å². The second-order valence-corrected chi connectivity index (χ2v) is 4.94. The summed E-state index contributed by atoms with van der Waals surface area (Å²) in [6.07, 6.45) is 17.7. The number of carbonyl (C=O) groups excluding carboxylic acids is 1. The number of aldehydes is 1. The smallest absolute Gasteiger partial charge is 0.123 e. The van der Waals surface area contributed by atoms with Gasteiger partial charge in [0.25, 0.3) is 0 Å². The monoisotopic (exact) mass is 238 g/mol. The van der Waals surface area contributed by atoms with E-state index in [4.69, 9.17) is 0 Å². The van der Waals surface area contributed by atoms with Gasteiger partial charge in [-0.25, -0.2) is 0 Å². The van der Waals surface area contributed by atoms with Crippen molar-refractivity contribution in [1.29, 1.82) is 0 Å². The summed E-state index contributed by atoms with van der Waals surface area (Å²) in [4.78, 5) is 10.9. The van der Waals surface area contributed by atoms with Crippen LogP contribution in [0.3, 0.4) is 0 Å². The molecule has 1 heteroatoms. The van der Waals surface area contributed by atoms with Crippen LogP contribution in [0, 0.1) is 5.92 Å². The third kappa shape index (κ3) is 11.7. The molecule has 0 N–H and O–H groups in total. The Morgan fingerprint density at radius 2 is 1.47 bits per heavy atom. The summed E-state index contributed by atoms with van der Waals surface area (Å²) in [5, 5.41) is 0. The second kappa shape index (κ2) is 13.5. The molecule has 1 atom stereocenters. The fraction of sp³-hybridized carbons (Fsp3) is 0.812. The van der Waals surface area contributed by atoms with Crippen molar-refractivity contribution in [3.8, 4) is 0 Å². The van der Waals surface area contributed by atoms with E-state index in [0.29, 0.717) is 5.92 Å². The van der Waals surface area contributed by atoms with Gasteiger partial charge in [-0.05, 0) is 32.1 Å². The van der Waals surface area contributed by atoms with Gasteiger partial charge in [-0.2, -0.15) is 0 Å². The highest BCUT2D eigenvalue weighted by molar-refractivity contribution is 5.53. The van der Waals surface area contributed by atoms with Crippen LogP contribution in [0.2, 0.25) is 0 Å². The minimum absolute atomic E-state index is 0.293. The van der Waals surface area contributed by atoms with Crippen LogP contribution in [0.5, 0.6) is 0 Å². The molecule has 0 radical (unpaired) electrons. The highest BCUT2D eigenvalue weighted by Gasteiger charge is 2.04. The van der Waals surface area contributed by atoms with Crippen molar-refractivity contribution in [2.75, 3.05) is 0 Å². The molecule has 0 aliphatic carbocycles. The molecule has 0 aliphatic heterocycles. The molecular formula is C16H30O. The van der Waals surface area contributed by atoms with E-state index >= 15 is 0 Å². The van der Waals surface area contributed by atoms with Crippen molar-refractivity contribution >= 4 is 6.29 Å². The molecule has 0 aromatic carbocycles. The van der Waals surface area contributed by atoms with E-state index in [1.54, 1.807) is 0 Å². The van der Waals surface area contributed by atoms with Gasteiger partial charge in [0.1, 0.15) is 6.29 Å². The first kappa shape index (κ1) is 16.4. The average molecular weight is 238 g/mol. The minimum atomic E-state index is 0.293. The summed E-state index contributed by atoms with van der Waals surface area (Å²) in [5.41, 5.74) is 0. The maximum atomic E-state index is 10.9. The molecule has 0 saturated carbocycles. The van der Waals surface area contributed by atoms with Gasteiger partial charge >= 0.3 is 0 Å². The summed E-state index contributed by atoms with van der Waals surface area (Å²) in [7, 11) is 0. The summed E-state index contributed by atoms with van der Waals surface area (Å²) in [5.74, 6) is 0.293. The van der Waals surface area contributed by atoms with Gasteiger partial charge in [0.15, 0.2) is 0 Å². The lowest BCUT2D eigenvalue weighted by Crippen LogP contribution is -2.01. The van der Waals surface area contributed by atoms with Gasteiger partial charge in [-0.3, -0.25) is 0 Å². The van der Waals surface area contributed by atoms with Gasteiger partial charge in [0.2, 0.25) is 0 Å². The lowest BCUT2D eigenvalue weighted by Gasteiger charge is -2.07. The van der Waals surface area contributed by atoms with Crippen molar-refractivity contribution in [2.24, 2.45) is 5.92 Å². The second-order valence-electron chi connectivity index (χ2n) is 4.94. The molecule has 0 aromatic heterocycles. The van der Waals surface area contributed by atoms with Crippen LogP contribution in [0.15, 0.2) is 12.2 Å². The maximum absolute atomic E-state index is 10.9. The first-order valence-electron chi connectivity index (χ1n) is 7.45. The predicted molar refractivity (Wildman–Crippen MR) is 76.2 cm³/mol. The predicted octanol–water partition coefficient (Wildman–Crippen LogP) is 5.30. The third-order valence-corrected chi connectivity index (χ3v) is 3.22. The normalized spacial score (nSPS) is 13.1. The Balaban J connectivity index is 3.44. The molecule has 0 saturated heterocycles. The van der Waals surface area contributed by atoms with Gasteiger partial charge < -0.3 is 4.79 Å². The number of rotatable bonds is 12. The highest BCUT2D eigenvalue weighted by Crippen LogP contribution is 2.14. The standard InChI is InChI=1S/C16H30O/c1-3-5-7-8-9-10-12-14-16(15-17)13-11-6-4-2/h9-10,15-16H,3-8,11-14H2,1-2H3. The topological polar surface area (TPSA) is 17.1 Å². The molecule has 0 fully saturated rings. The number of hydrogen-bond donors (Lipinski definition) is 0. The van der Waals surface area contributed by atoms with E-state index < -0.39 is 0 Å². The number of allylic oxidation sites excluding steroid dienone is 2. The minimum Gasteiger partial charge on any atom is -0.303 e. The molecule has 0 aromatic rings. The molecule has 0 spiro atoms. The van der Waals surface area contributed by atoms with Gasteiger partial charge in [0, 0.05) is 5.92 Å². The van der Waals surface area contributed by atoms with Crippen molar-refractivity contribution in [1.82, 2.24) is 0 Å². The third-order valence-electron chi connectivity index (χ3n) is 3.22. The van der Waals surface area contributed by atoms with Crippen molar-refractivity contribution in [3.05, 3.63) is 12.2 Å². The van der Waals surface area contributed by atoms with Crippen LogP contribution in [0.4, 0.5) is 0 Å². The lowest BCUT2D eigenvalue weighted by molar-refractivity contribution is -0.111. The molecule has 0 heterocycles. The molecule has 0 rings (SSSR count). The van der Waals surface area contributed by atoms with Crippen LogP contribution in [0.1, 0.15) is 78.1 Å². The quantitative estimate of drug-likeness (QED) is 0.256. The zero-order valence-corrected chi connectivity index (χ0v) is 11.8. The van der Waals surface area contributed by atoms with Crippen molar-refractivity contribution in [3.63, 3.8) is 0 Å². The van der Waals surface area contributed by atoms with Crippen LogP contribution < -0.4 is 0 Å². The number of unbranched alkanes of at least 4 members (excludes halogenated alkanes) is 5. The molecule has 0 bridgehead atoms. The summed E-state index contributed by atoms with van der Waals surface area (Å²) >= 11 is 0. The van der Waals surface area contributed by atoms with Gasteiger partial charge in [-0.15, -0.1) is 0 Å². The Bertz CT molecular complexity index is 184. The van der Waals surface area contributed by atoms with Gasteiger partial charge in [0.05, 0.1) is 0 Å². The fourth-order valence-electron chi connectivity index (χ4n) is 2.00.